The van der Waals surface area contributed by atoms with Crippen LogP contribution < -0.4 is 0 Å². The third-order valence-corrected chi connectivity index (χ3v) is 4.97. The van der Waals surface area contributed by atoms with Crippen molar-refractivity contribution in [3.05, 3.63) is 84.4 Å². The zero-order chi connectivity index (χ0) is 18.9. The minimum Gasteiger partial charge on any atom is -0.228 e. The van der Waals surface area contributed by atoms with E-state index in [4.69, 9.17) is 0 Å². The predicted molar refractivity (Wildman–Crippen MR) is 101 cm³/mol. The monoisotopic (exact) mass is 382 g/mol. The Balaban J connectivity index is 1.81. The number of hydrogen-bond acceptors (Lipinski definition) is 3. The van der Waals surface area contributed by atoms with E-state index in [2.05, 4.69) is 9.97 Å². The second-order valence-electron chi connectivity index (χ2n) is 5.86. The van der Waals surface area contributed by atoms with E-state index in [-0.39, 0.29) is 0 Å². The molecule has 0 aliphatic carbocycles. The van der Waals surface area contributed by atoms with Crippen molar-refractivity contribution in [1.82, 2.24) is 9.97 Å². The quantitative estimate of drug-likeness (QED) is 0.380. The molecule has 2 nitrogen and oxygen atoms in total. The first-order chi connectivity index (χ1) is 13.0. The molecule has 4 aromatic rings. The standard InChI is InChI=1S/C21H13F3N2S/c22-21(23,24)15-9-6-10-16(13-15)27-20-17-11-4-5-12-18(17)25-19(26-20)14-7-2-1-3-8-14/h1-13H. The minimum atomic E-state index is -4.38. The Bertz CT molecular complexity index is 1100. The molecule has 1 heterocycles. The first-order valence-electron chi connectivity index (χ1n) is 8.18. The lowest BCUT2D eigenvalue weighted by atomic mass is 10.2. The van der Waals surface area contributed by atoms with E-state index in [1.165, 1.54) is 17.8 Å². The predicted octanol–water partition coefficient (Wildman–Crippen LogP) is 6.47. The van der Waals surface area contributed by atoms with E-state index >= 15 is 0 Å². The second kappa shape index (κ2) is 7.04. The van der Waals surface area contributed by atoms with Crippen molar-refractivity contribution in [2.45, 2.75) is 16.1 Å². The van der Waals surface area contributed by atoms with Crippen molar-refractivity contribution in [1.29, 1.82) is 0 Å². The number of aromatic nitrogens is 2. The summed E-state index contributed by atoms with van der Waals surface area (Å²) in [6.07, 6.45) is -4.38. The summed E-state index contributed by atoms with van der Waals surface area (Å²) >= 11 is 1.21. The van der Waals surface area contributed by atoms with E-state index in [1.54, 1.807) is 6.07 Å². The molecule has 0 fully saturated rings. The summed E-state index contributed by atoms with van der Waals surface area (Å²) in [6, 6.07) is 22.3. The molecule has 6 heteroatoms. The van der Waals surface area contributed by atoms with Gasteiger partial charge in [0.25, 0.3) is 0 Å². The van der Waals surface area contributed by atoms with Crippen molar-refractivity contribution in [3.63, 3.8) is 0 Å². The van der Waals surface area contributed by atoms with Crippen molar-refractivity contribution in [2.75, 3.05) is 0 Å². The van der Waals surface area contributed by atoms with E-state index in [9.17, 15) is 13.2 Å². The average molecular weight is 382 g/mol. The van der Waals surface area contributed by atoms with Gasteiger partial charge >= 0.3 is 6.18 Å². The normalized spacial score (nSPS) is 11.7. The van der Waals surface area contributed by atoms with Crippen LogP contribution in [0.5, 0.6) is 0 Å². The van der Waals surface area contributed by atoms with Crippen LogP contribution >= 0.6 is 11.8 Å². The maximum atomic E-state index is 13.0. The van der Waals surface area contributed by atoms with Crippen LogP contribution in [-0.4, -0.2) is 9.97 Å². The second-order valence-corrected chi connectivity index (χ2v) is 6.93. The summed E-state index contributed by atoms with van der Waals surface area (Å²) in [7, 11) is 0. The van der Waals surface area contributed by atoms with Crippen LogP contribution in [-0.2, 0) is 6.18 Å². The Labute approximate surface area is 158 Å². The lowest BCUT2D eigenvalue weighted by Gasteiger charge is -2.10. The van der Waals surface area contributed by atoms with Gasteiger partial charge in [0.1, 0.15) is 5.03 Å². The van der Waals surface area contributed by atoms with Gasteiger partial charge in [-0.05, 0) is 24.3 Å². The number of rotatable bonds is 3. The maximum absolute atomic E-state index is 13.0. The minimum absolute atomic E-state index is 0.479. The molecule has 0 unspecified atom stereocenters. The topological polar surface area (TPSA) is 25.8 Å². The van der Waals surface area contributed by atoms with Crippen LogP contribution in [0.15, 0.2) is 88.8 Å². The van der Waals surface area contributed by atoms with Crippen LogP contribution in [0.2, 0.25) is 0 Å². The first-order valence-corrected chi connectivity index (χ1v) is 9.00. The van der Waals surface area contributed by atoms with Crippen LogP contribution in [0, 0.1) is 0 Å². The highest BCUT2D eigenvalue weighted by Crippen LogP contribution is 2.36. The summed E-state index contributed by atoms with van der Waals surface area (Å²) in [6.45, 7) is 0. The third kappa shape index (κ3) is 3.80. The summed E-state index contributed by atoms with van der Waals surface area (Å²) in [4.78, 5) is 9.71. The molecule has 0 amide bonds. The number of hydrogen-bond donors (Lipinski definition) is 0. The van der Waals surface area contributed by atoms with Gasteiger partial charge in [-0.15, -0.1) is 0 Å². The highest BCUT2D eigenvalue weighted by Gasteiger charge is 2.30. The molecule has 134 valence electrons. The van der Waals surface area contributed by atoms with Gasteiger partial charge in [-0.2, -0.15) is 13.2 Å². The number of nitrogens with zero attached hydrogens (tertiary/aromatic N) is 2. The molecule has 0 radical (unpaired) electrons. The smallest absolute Gasteiger partial charge is 0.228 e. The average Bonchev–Trinajstić information content (AvgIpc) is 2.68. The number of halogens is 3. The fourth-order valence-electron chi connectivity index (χ4n) is 2.69. The molecule has 0 saturated carbocycles. The van der Waals surface area contributed by atoms with Crippen molar-refractivity contribution < 1.29 is 13.2 Å². The van der Waals surface area contributed by atoms with Gasteiger partial charge < -0.3 is 0 Å². The largest absolute Gasteiger partial charge is 0.416 e. The number of benzene rings is 3. The summed E-state index contributed by atoms with van der Waals surface area (Å²) in [5.41, 5.74) is 0.934. The van der Waals surface area contributed by atoms with Crippen LogP contribution in [0.4, 0.5) is 13.2 Å². The molecule has 0 bridgehead atoms. The summed E-state index contributed by atoms with van der Waals surface area (Å²) in [5.74, 6) is 0.545. The zero-order valence-electron chi connectivity index (χ0n) is 13.9. The molecule has 0 aliphatic rings. The number of para-hydroxylation sites is 1. The fourth-order valence-corrected chi connectivity index (χ4v) is 3.66. The molecule has 0 aliphatic heterocycles. The Morgan fingerprint density at radius 2 is 1.48 bits per heavy atom. The Morgan fingerprint density at radius 3 is 2.26 bits per heavy atom. The molecule has 27 heavy (non-hydrogen) atoms. The van der Waals surface area contributed by atoms with E-state index < -0.39 is 11.7 Å². The van der Waals surface area contributed by atoms with Gasteiger partial charge in [0, 0.05) is 15.8 Å². The molecule has 3 aromatic carbocycles. The molecule has 0 spiro atoms. The first kappa shape index (κ1) is 17.5. The molecular weight excluding hydrogens is 369 g/mol. The summed E-state index contributed by atoms with van der Waals surface area (Å²) in [5, 5.41) is 1.43. The molecule has 4 rings (SSSR count). The molecule has 0 N–H and O–H groups in total. The van der Waals surface area contributed by atoms with Crippen LogP contribution in [0.25, 0.3) is 22.3 Å². The van der Waals surface area contributed by atoms with E-state index in [0.29, 0.717) is 15.7 Å². The Hall–Kier alpha value is -2.86. The van der Waals surface area contributed by atoms with Gasteiger partial charge in [0.2, 0.25) is 0 Å². The molecular formula is C21H13F3N2S. The van der Waals surface area contributed by atoms with E-state index in [0.717, 1.165) is 28.6 Å². The van der Waals surface area contributed by atoms with Gasteiger partial charge in [0.05, 0.1) is 11.1 Å². The molecule has 0 saturated heterocycles. The van der Waals surface area contributed by atoms with Crippen LogP contribution in [0.1, 0.15) is 5.56 Å². The van der Waals surface area contributed by atoms with E-state index in [1.807, 2.05) is 54.6 Å². The van der Waals surface area contributed by atoms with Crippen molar-refractivity contribution >= 4 is 22.7 Å². The lowest BCUT2D eigenvalue weighted by Crippen LogP contribution is -2.04. The van der Waals surface area contributed by atoms with Crippen molar-refractivity contribution in [3.8, 4) is 11.4 Å². The Kier molecular flexibility index (Phi) is 4.58. The molecule has 0 atom stereocenters. The van der Waals surface area contributed by atoms with Gasteiger partial charge in [-0.25, -0.2) is 9.97 Å². The maximum Gasteiger partial charge on any atom is 0.416 e. The zero-order valence-corrected chi connectivity index (χ0v) is 14.8. The van der Waals surface area contributed by atoms with Gasteiger partial charge in [0.15, 0.2) is 5.82 Å². The number of alkyl halides is 3. The summed E-state index contributed by atoms with van der Waals surface area (Å²) < 4.78 is 39.0. The SMILES string of the molecule is FC(F)(F)c1cccc(Sc2nc(-c3ccccc3)nc3ccccc23)c1. The Morgan fingerprint density at radius 1 is 0.741 bits per heavy atom. The van der Waals surface area contributed by atoms with Gasteiger partial charge in [-0.1, -0.05) is 66.4 Å². The van der Waals surface area contributed by atoms with Crippen LogP contribution in [0.3, 0.4) is 0 Å². The third-order valence-electron chi connectivity index (χ3n) is 3.98. The van der Waals surface area contributed by atoms with Crippen molar-refractivity contribution in [2.24, 2.45) is 0 Å². The highest BCUT2D eigenvalue weighted by molar-refractivity contribution is 7.99. The van der Waals surface area contributed by atoms with Gasteiger partial charge in [-0.3, -0.25) is 0 Å². The lowest BCUT2D eigenvalue weighted by molar-refractivity contribution is -0.137. The fraction of sp³-hybridized carbons (Fsp3) is 0.0476. The molecule has 1 aromatic heterocycles. The number of fused-ring (bicyclic) bond motifs is 1. The highest BCUT2D eigenvalue weighted by atomic mass is 32.2.